The summed E-state index contributed by atoms with van der Waals surface area (Å²) in [5, 5.41) is 1.09. The first-order valence-corrected chi connectivity index (χ1v) is 2.61. The number of nitrogens with zero attached hydrogens (tertiary/aromatic N) is 4. The SMILES string of the molecule is [N]NC1=NCN(S)N1N. The van der Waals surface area contributed by atoms with Crippen molar-refractivity contribution in [2.45, 2.75) is 0 Å². The second-order valence-corrected chi connectivity index (χ2v) is 1.91. The standard InChI is InChI=1S/C2H6N6S/c3-6-2-5-1-7(9)8(2)4/h9H,1,4H2,(H,5,6). The van der Waals surface area contributed by atoms with Crippen molar-refractivity contribution in [1.82, 2.24) is 20.8 Å². The van der Waals surface area contributed by atoms with Crippen LogP contribution in [0.1, 0.15) is 0 Å². The largest absolute Gasteiger partial charge is 0.253 e. The smallest absolute Gasteiger partial charge is 0.243 e. The topological polar surface area (TPSA) is 79.2 Å². The highest BCUT2D eigenvalue weighted by molar-refractivity contribution is 7.77. The third-order valence-electron chi connectivity index (χ3n) is 0.913. The summed E-state index contributed by atoms with van der Waals surface area (Å²) in [6.45, 7) is 0.336. The molecule has 0 unspecified atom stereocenters. The Morgan fingerprint density at radius 3 is 2.78 bits per heavy atom. The Labute approximate surface area is 57.9 Å². The van der Waals surface area contributed by atoms with Crippen LogP contribution < -0.4 is 17.1 Å². The van der Waals surface area contributed by atoms with Crippen LogP contribution in [0.2, 0.25) is 0 Å². The fourth-order valence-corrected chi connectivity index (χ4v) is 0.615. The quantitative estimate of drug-likeness (QED) is 0.212. The Balaban J connectivity index is 2.55. The summed E-state index contributed by atoms with van der Waals surface area (Å²) < 4.78 is 1.33. The predicted octanol–water partition coefficient (Wildman–Crippen LogP) is -1.88. The lowest BCUT2D eigenvalue weighted by Crippen LogP contribution is -2.47. The van der Waals surface area contributed by atoms with E-state index in [-0.39, 0.29) is 5.96 Å². The summed E-state index contributed by atoms with van der Waals surface area (Å²) in [4.78, 5) is 3.72. The van der Waals surface area contributed by atoms with Crippen LogP contribution in [0.3, 0.4) is 0 Å². The minimum absolute atomic E-state index is 0.185. The van der Waals surface area contributed by atoms with Crippen molar-refractivity contribution < 1.29 is 0 Å². The molecule has 3 N–H and O–H groups in total. The van der Waals surface area contributed by atoms with E-state index in [4.69, 9.17) is 11.7 Å². The number of nitrogens with one attached hydrogen (secondary N) is 1. The lowest BCUT2D eigenvalue weighted by atomic mass is 11.0. The molecule has 0 atom stereocenters. The van der Waals surface area contributed by atoms with Gasteiger partial charge in [0.05, 0.1) is 0 Å². The van der Waals surface area contributed by atoms with Gasteiger partial charge in [0, 0.05) is 0 Å². The normalized spacial score (nSPS) is 20.3. The van der Waals surface area contributed by atoms with Gasteiger partial charge in [-0.05, 0) is 5.84 Å². The van der Waals surface area contributed by atoms with E-state index in [1.165, 1.54) is 4.41 Å². The highest BCUT2D eigenvalue weighted by Crippen LogP contribution is 2.03. The van der Waals surface area contributed by atoms with Crippen molar-refractivity contribution in [3.8, 4) is 0 Å². The number of nitrogens with two attached hydrogens (primary N) is 1. The van der Waals surface area contributed by atoms with Gasteiger partial charge in [0.25, 0.3) is 0 Å². The fourth-order valence-electron chi connectivity index (χ4n) is 0.467. The van der Waals surface area contributed by atoms with Gasteiger partial charge in [-0.15, -0.1) is 4.41 Å². The van der Waals surface area contributed by atoms with E-state index >= 15 is 0 Å². The molecule has 0 fully saturated rings. The maximum Gasteiger partial charge on any atom is 0.243 e. The van der Waals surface area contributed by atoms with Crippen molar-refractivity contribution in [3.63, 3.8) is 0 Å². The lowest BCUT2D eigenvalue weighted by Gasteiger charge is -2.17. The molecule has 7 heteroatoms. The monoisotopic (exact) mass is 146 g/mol. The summed E-state index contributed by atoms with van der Waals surface area (Å²) in [5.41, 5.74) is 1.80. The summed E-state index contributed by atoms with van der Waals surface area (Å²) in [7, 11) is 0. The van der Waals surface area contributed by atoms with Crippen LogP contribution in [-0.4, -0.2) is 22.2 Å². The summed E-state index contributed by atoms with van der Waals surface area (Å²) in [5.74, 6) is 13.7. The Hall–Kier alpha value is -0.500. The third-order valence-corrected chi connectivity index (χ3v) is 1.23. The van der Waals surface area contributed by atoms with Crippen molar-refractivity contribution in [2.24, 2.45) is 10.8 Å². The number of hydrogen-bond acceptors (Lipinski definition) is 6. The first kappa shape index (κ1) is 6.62. The Morgan fingerprint density at radius 1 is 1.89 bits per heavy atom. The zero-order valence-electron chi connectivity index (χ0n) is 4.52. The first-order valence-electron chi connectivity index (χ1n) is 2.21. The molecule has 1 rings (SSSR count). The molecule has 0 amide bonds. The number of aliphatic imine (C=N–C) groups is 1. The molecular formula is C2H6N6S. The Morgan fingerprint density at radius 2 is 2.56 bits per heavy atom. The van der Waals surface area contributed by atoms with Gasteiger partial charge in [-0.25, -0.2) is 10.8 Å². The molecule has 0 bridgehead atoms. The van der Waals surface area contributed by atoms with Crippen LogP contribution >= 0.6 is 12.8 Å². The molecule has 9 heavy (non-hydrogen) atoms. The molecule has 1 aliphatic rings. The molecular weight excluding hydrogens is 140 g/mol. The highest BCUT2D eigenvalue weighted by atomic mass is 32.1. The van der Waals surface area contributed by atoms with E-state index in [1.807, 2.05) is 0 Å². The summed E-state index contributed by atoms with van der Waals surface area (Å²) in [6, 6.07) is 0. The number of guanidine groups is 1. The second kappa shape index (κ2) is 2.40. The van der Waals surface area contributed by atoms with E-state index in [2.05, 4.69) is 17.8 Å². The van der Waals surface area contributed by atoms with E-state index in [0.29, 0.717) is 6.67 Å². The first-order chi connectivity index (χ1) is 4.25. The van der Waals surface area contributed by atoms with E-state index in [1.54, 1.807) is 5.43 Å². The van der Waals surface area contributed by atoms with Crippen LogP contribution in [0, 0.1) is 0 Å². The number of hydrazine groups is 2. The predicted molar refractivity (Wildman–Crippen MR) is 34.4 cm³/mol. The maximum atomic E-state index is 8.29. The molecule has 0 saturated heterocycles. The molecule has 0 saturated carbocycles. The molecule has 0 aromatic heterocycles. The van der Waals surface area contributed by atoms with E-state index in [0.717, 1.165) is 5.12 Å². The molecule has 1 heterocycles. The zero-order chi connectivity index (χ0) is 6.85. The van der Waals surface area contributed by atoms with Gasteiger partial charge < -0.3 is 0 Å². The molecule has 1 aliphatic heterocycles. The van der Waals surface area contributed by atoms with Gasteiger partial charge in [0.2, 0.25) is 5.96 Å². The molecule has 0 aliphatic carbocycles. The average molecular weight is 146 g/mol. The molecule has 6 nitrogen and oxygen atoms in total. The third kappa shape index (κ3) is 1.08. The molecule has 50 valence electrons. The minimum atomic E-state index is 0.185. The van der Waals surface area contributed by atoms with Crippen LogP contribution in [0.15, 0.2) is 4.99 Å². The van der Waals surface area contributed by atoms with Gasteiger partial charge in [0.1, 0.15) is 6.67 Å². The van der Waals surface area contributed by atoms with Crippen molar-refractivity contribution >= 4 is 18.8 Å². The molecule has 0 aromatic carbocycles. The van der Waals surface area contributed by atoms with Crippen molar-refractivity contribution in [2.75, 3.05) is 6.67 Å². The van der Waals surface area contributed by atoms with Crippen molar-refractivity contribution in [3.05, 3.63) is 0 Å². The highest BCUT2D eigenvalue weighted by Gasteiger charge is 2.18. The van der Waals surface area contributed by atoms with E-state index in [9.17, 15) is 0 Å². The maximum absolute atomic E-state index is 8.29. The molecule has 0 spiro atoms. The van der Waals surface area contributed by atoms with Gasteiger partial charge >= 0.3 is 0 Å². The summed E-state index contributed by atoms with van der Waals surface area (Å²) in [6.07, 6.45) is 0. The summed E-state index contributed by atoms with van der Waals surface area (Å²) >= 11 is 3.87. The fraction of sp³-hybridized carbons (Fsp3) is 0.500. The second-order valence-electron chi connectivity index (χ2n) is 1.45. The van der Waals surface area contributed by atoms with Gasteiger partial charge in [0.15, 0.2) is 0 Å². The Bertz CT molecular complexity index is 133. The van der Waals surface area contributed by atoms with Crippen LogP contribution in [0.25, 0.3) is 0 Å². The van der Waals surface area contributed by atoms with Crippen LogP contribution in [0.4, 0.5) is 0 Å². The van der Waals surface area contributed by atoms with E-state index < -0.39 is 0 Å². The zero-order valence-corrected chi connectivity index (χ0v) is 5.41. The van der Waals surface area contributed by atoms with Gasteiger partial charge in [-0.3, -0.25) is 5.43 Å². The number of thiol groups is 1. The van der Waals surface area contributed by atoms with Crippen LogP contribution in [0.5, 0.6) is 0 Å². The molecule has 2 radical (unpaired) electrons. The minimum Gasteiger partial charge on any atom is -0.253 e. The van der Waals surface area contributed by atoms with Gasteiger partial charge in [-0.1, -0.05) is 12.8 Å². The lowest BCUT2D eigenvalue weighted by molar-refractivity contribution is 0.197. The molecule has 0 aromatic rings. The van der Waals surface area contributed by atoms with Gasteiger partial charge in [-0.2, -0.15) is 5.12 Å². The van der Waals surface area contributed by atoms with Crippen LogP contribution in [-0.2, 0) is 0 Å². The number of hydrogen-bond donors (Lipinski definition) is 3. The average Bonchev–Trinajstić information content (AvgIpc) is 2.15. The number of rotatable bonds is 0. The Kier molecular flexibility index (Phi) is 1.76. The van der Waals surface area contributed by atoms with Crippen molar-refractivity contribution in [1.29, 1.82) is 0 Å².